The smallest absolute Gasteiger partial charge is 0.313 e. The Bertz CT molecular complexity index is 971. The van der Waals surface area contributed by atoms with E-state index in [4.69, 9.17) is 9.47 Å². The van der Waals surface area contributed by atoms with Crippen LogP contribution in [0.15, 0.2) is 84.9 Å². The topological polar surface area (TPSA) is 64.6 Å². The number of ether oxygens (including phenoxy) is 2. The van der Waals surface area contributed by atoms with Crippen molar-refractivity contribution in [3.63, 3.8) is 0 Å². The van der Waals surface area contributed by atoms with E-state index in [9.17, 15) is 9.59 Å². The summed E-state index contributed by atoms with van der Waals surface area (Å²) in [6.45, 7) is 1.59. The highest BCUT2D eigenvalue weighted by Gasteiger charge is 2.22. The molecule has 1 amide bonds. The van der Waals surface area contributed by atoms with Crippen molar-refractivity contribution in [3.05, 3.63) is 102 Å². The third kappa shape index (κ3) is 5.95. The average Bonchev–Trinajstić information content (AvgIpc) is 2.83. The number of nitrogens with one attached hydrogen (secondary N) is 1. The van der Waals surface area contributed by atoms with Gasteiger partial charge >= 0.3 is 5.97 Å². The number of methoxy groups -OCH3 is 1. The quantitative estimate of drug-likeness (QED) is 0.515. The van der Waals surface area contributed by atoms with Crippen LogP contribution in [-0.4, -0.2) is 25.6 Å². The lowest BCUT2D eigenvalue weighted by Crippen LogP contribution is -2.33. The molecule has 2 atom stereocenters. The van der Waals surface area contributed by atoms with Gasteiger partial charge in [0.25, 0.3) is 5.91 Å². The zero-order valence-electron chi connectivity index (χ0n) is 17.8. The summed E-state index contributed by atoms with van der Waals surface area (Å²) >= 11 is 0. The van der Waals surface area contributed by atoms with Crippen LogP contribution in [0.4, 0.5) is 0 Å². The van der Waals surface area contributed by atoms with Crippen molar-refractivity contribution in [2.45, 2.75) is 25.3 Å². The highest BCUT2D eigenvalue weighted by Crippen LogP contribution is 2.24. The van der Waals surface area contributed by atoms with Crippen LogP contribution < -0.4 is 10.1 Å². The molecule has 0 fully saturated rings. The van der Waals surface area contributed by atoms with Crippen LogP contribution in [0.1, 0.15) is 42.0 Å². The Kier molecular flexibility index (Phi) is 7.82. The largest absolute Gasteiger partial charge is 0.497 e. The lowest BCUT2D eigenvalue weighted by atomic mass is 9.97. The molecular weight excluding hydrogens is 390 g/mol. The van der Waals surface area contributed by atoms with Crippen LogP contribution in [0.25, 0.3) is 0 Å². The first kappa shape index (κ1) is 22.1. The van der Waals surface area contributed by atoms with Gasteiger partial charge in [-0.05, 0) is 35.2 Å². The van der Waals surface area contributed by atoms with Crippen molar-refractivity contribution >= 4 is 11.9 Å². The Morgan fingerprint density at radius 2 is 1.35 bits per heavy atom. The highest BCUT2D eigenvalue weighted by atomic mass is 16.5. The van der Waals surface area contributed by atoms with Crippen molar-refractivity contribution in [1.82, 2.24) is 5.32 Å². The van der Waals surface area contributed by atoms with Crippen molar-refractivity contribution in [2.24, 2.45) is 0 Å². The van der Waals surface area contributed by atoms with Gasteiger partial charge in [-0.1, -0.05) is 79.7 Å². The lowest BCUT2D eigenvalue weighted by Gasteiger charge is -2.21. The molecule has 0 bridgehead atoms. The van der Waals surface area contributed by atoms with Crippen LogP contribution in [0.2, 0.25) is 0 Å². The molecular formula is C26H27NO4. The maximum atomic E-state index is 12.7. The molecule has 0 saturated heterocycles. The maximum Gasteiger partial charge on any atom is 0.313 e. The van der Waals surface area contributed by atoms with Gasteiger partial charge in [-0.25, -0.2) is 0 Å². The molecule has 0 spiro atoms. The molecule has 160 valence electrons. The number of carbonyl (C=O) groups is 2. The maximum absolute atomic E-state index is 12.7. The second kappa shape index (κ2) is 11.0. The van der Waals surface area contributed by atoms with E-state index in [1.54, 1.807) is 7.11 Å². The standard InChI is InChI=1S/C26H27NO4/c1-3-23(19-10-6-4-7-11-19)26(29)31-18-24(28)27-25(20-12-8-5-9-13-20)21-14-16-22(30-2)17-15-21/h4-17,23,25H,3,18H2,1-2H3,(H,27,28)/t23-,25-/m1/s1. The molecule has 31 heavy (non-hydrogen) atoms. The van der Waals surface area contributed by atoms with E-state index < -0.39 is 5.97 Å². The van der Waals surface area contributed by atoms with Gasteiger partial charge in [0.05, 0.1) is 19.1 Å². The minimum atomic E-state index is -0.399. The predicted molar refractivity (Wildman–Crippen MR) is 120 cm³/mol. The first-order valence-corrected chi connectivity index (χ1v) is 10.3. The number of carbonyl (C=O) groups excluding carboxylic acids is 2. The SMILES string of the molecule is CC[C@@H](C(=O)OCC(=O)N[C@H](c1ccccc1)c1ccc(OC)cc1)c1ccccc1. The van der Waals surface area contributed by atoms with Crippen molar-refractivity contribution in [1.29, 1.82) is 0 Å². The van der Waals surface area contributed by atoms with Crippen LogP contribution in [0.5, 0.6) is 5.75 Å². The van der Waals surface area contributed by atoms with Crippen LogP contribution >= 0.6 is 0 Å². The summed E-state index contributed by atoms with van der Waals surface area (Å²) in [5, 5.41) is 2.98. The average molecular weight is 418 g/mol. The fourth-order valence-corrected chi connectivity index (χ4v) is 3.46. The molecule has 0 aliphatic carbocycles. The molecule has 0 aromatic heterocycles. The van der Waals surface area contributed by atoms with Gasteiger partial charge in [0.2, 0.25) is 0 Å². The molecule has 3 aromatic rings. The molecule has 0 saturated carbocycles. The van der Waals surface area contributed by atoms with E-state index in [1.165, 1.54) is 0 Å². The first-order chi connectivity index (χ1) is 15.1. The first-order valence-electron chi connectivity index (χ1n) is 10.3. The van der Waals surface area contributed by atoms with Gasteiger partial charge in [0, 0.05) is 0 Å². The lowest BCUT2D eigenvalue weighted by molar-refractivity contribution is -0.150. The third-order valence-electron chi connectivity index (χ3n) is 5.13. The summed E-state index contributed by atoms with van der Waals surface area (Å²) < 4.78 is 10.6. The van der Waals surface area contributed by atoms with E-state index in [1.807, 2.05) is 91.9 Å². The van der Waals surface area contributed by atoms with Crippen LogP contribution in [-0.2, 0) is 14.3 Å². The van der Waals surface area contributed by atoms with Crippen LogP contribution in [0.3, 0.4) is 0 Å². The molecule has 1 N–H and O–H groups in total. The van der Waals surface area contributed by atoms with Gasteiger partial charge in [-0.15, -0.1) is 0 Å². The molecule has 0 aliphatic heterocycles. The Morgan fingerprint density at radius 1 is 0.806 bits per heavy atom. The van der Waals surface area contributed by atoms with Crippen molar-refractivity contribution in [3.8, 4) is 5.75 Å². The molecule has 5 heteroatoms. The second-order valence-electron chi connectivity index (χ2n) is 7.16. The van der Waals surface area contributed by atoms with E-state index in [-0.39, 0.29) is 24.5 Å². The van der Waals surface area contributed by atoms with Gasteiger partial charge in [-0.2, -0.15) is 0 Å². The molecule has 0 unspecified atom stereocenters. The van der Waals surface area contributed by atoms with E-state index in [0.717, 1.165) is 22.4 Å². The second-order valence-corrected chi connectivity index (χ2v) is 7.16. The fraction of sp³-hybridized carbons (Fsp3) is 0.231. The number of amides is 1. The molecule has 5 nitrogen and oxygen atoms in total. The molecule has 3 rings (SSSR count). The number of hydrogen-bond donors (Lipinski definition) is 1. The summed E-state index contributed by atoms with van der Waals surface area (Å²) in [6.07, 6.45) is 0.600. The third-order valence-corrected chi connectivity index (χ3v) is 5.13. The summed E-state index contributed by atoms with van der Waals surface area (Å²) in [5.41, 5.74) is 2.72. The molecule has 0 radical (unpaired) electrons. The monoisotopic (exact) mass is 417 g/mol. The van der Waals surface area contributed by atoms with Gasteiger partial charge in [0.15, 0.2) is 6.61 Å². The van der Waals surface area contributed by atoms with Crippen molar-refractivity contribution in [2.75, 3.05) is 13.7 Å². The van der Waals surface area contributed by atoms with Crippen LogP contribution in [0, 0.1) is 0 Å². The zero-order chi connectivity index (χ0) is 22.1. The highest BCUT2D eigenvalue weighted by molar-refractivity contribution is 5.83. The Morgan fingerprint density at radius 3 is 1.90 bits per heavy atom. The number of esters is 1. The van der Waals surface area contributed by atoms with Gasteiger partial charge < -0.3 is 14.8 Å². The summed E-state index contributed by atoms with van der Waals surface area (Å²) in [7, 11) is 1.61. The minimum Gasteiger partial charge on any atom is -0.497 e. The summed E-state index contributed by atoms with van der Waals surface area (Å²) in [6, 6.07) is 26.3. The Labute approximate surface area is 183 Å². The van der Waals surface area contributed by atoms with Crippen molar-refractivity contribution < 1.29 is 19.1 Å². The number of rotatable bonds is 9. The van der Waals surface area contributed by atoms with Gasteiger partial charge in [0.1, 0.15) is 5.75 Å². The summed E-state index contributed by atoms with van der Waals surface area (Å²) in [5.74, 6) is -0.409. The van der Waals surface area contributed by atoms with Gasteiger partial charge in [-0.3, -0.25) is 9.59 Å². The number of hydrogen-bond acceptors (Lipinski definition) is 4. The zero-order valence-corrected chi connectivity index (χ0v) is 17.8. The predicted octanol–water partition coefficient (Wildman–Crippen LogP) is 4.64. The molecule has 3 aromatic carbocycles. The van der Waals surface area contributed by atoms with E-state index in [2.05, 4.69) is 5.32 Å². The van der Waals surface area contributed by atoms with E-state index in [0.29, 0.717) is 6.42 Å². The fourth-order valence-electron chi connectivity index (χ4n) is 3.46. The molecule has 0 aliphatic rings. The normalized spacial score (nSPS) is 12.5. The van der Waals surface area contributed by atoms with E-state index >= 15 is 0 Å². The Balaban J connectivity index is 1.68. The molecule has 0 heterocycles. The minimum absolute atomic E-state index is 0.332. The Hall–Kier alpha value is -3.60. The number of benzene rings is 3. The summed E-state index contributed by atoms with van der Waals surface area (Å²) in [4.78, 5) is 25.2.